The molecule has 6 nitrogen and oxygen atoms in total. The second kappa shape index (κ2) is 9.08. The molecule has 0 saturated carbocycles. The number of ether oxygens (including phenoxy) is 3. The Balaban J connectivity index is 1.62. The van der Waals surface area contributed by atoms with Gasteiger partial charge in [-0.2, -0.15) is 0 Å². The third-order valence-corrected chi connectivity index (χ3v) is 5.41. The highest BCUT2D eigenvalue weighted by Crippen LogP contribution is 2.46. The van der Waals surface area contributed by atoms with Crippen LogP contribution in [-0.2, 0) is 19.7 Å². The van der Waals surface area contributed by atoms with E-state index < -0.39 is 5.97 Å². The van der Waals surface area contributed by atoms with Crippen molar-refractivity contribution < 1.29 is 23.8 Å². The van der Waals surface area contributed by atoms with Crippen molar-refractivity contribution in [2.24, 2.45) is 0 Å². The summed E-state index contributed by atoms with van der Waals surface area (Å²) in [6.45, 7) is 3.83. The molecule has 0 fully saturated rings. The maximum absolute atomic E-state index is 12.5. The van der Waals surface area contributed by atoms with Gasteiger partial charge in [0.15, 0.2) is 23.9 Å². The number of ketones is 1. The third-order valence-electron chi connectivity index (χ3n) is 5.41. The summed E-state index contributed by atoms with van der Waals surface area (Å²) in [6, 6.07) is 13.3. The second-order valence-corrected chi connectivity index (χ2v) is 7.75. The number of carbonyl (C=O) groups excluding carboxylic acids is 2. The average molecular weight is 421 g/mol. The first-order chi connectivity index (χ1) is 14.8. The van der Waals surface area contributed by atoms with Crippen LogP contribution in [0.25, 0.3) is 6.08 Å². The van der Waals surface area contributed by atoms with Gasteiger partial charge in [0.1, 0.15) is 0 Å². The van der Waals surface area contributed by atoms with Gasteiger partial charge in [0.2, 0.25) is 0 Å². The van der Waals surface area contributed by atoms with E-state index in [9.17, 15) is 9.59 Å². The average Bonchev–Trinajstić information content (AvgIpc) is 2.96. The molecule has 0 spiro atoms. The standard InChI is InChI=1S/C25H27NO5/c1-25(2)19-8-6-7-9-20(19)26(3)23(25)15-18(27)16-31-24(28)13-11-17-10-12-21(29-4)22(14-17)30-5/h6-15H,16H2,1-5H3. The number of esters is 1. The Morgan fingerprint density at radius 1 is 1.03 bits per heavy atom. The quantitative estimate of drug-likeness (QED) is 0.495. The number of methoxy groups -OCH3 is 2. The molecular formula is C25H27NO5. The van der Waals surface area contributed by atoms with E-state index in [0.29, 0.717) is 11.5 Å². The van der Waals surface area contributed by atoms with E-state index in [4.69, 9.17) is 14.2 Å². The number of benzene rings is 2. The van der Waals surface area contributed by atoms with Gasteiger partial charge in [0.25, 0.3) is 0 Å². The molecule has 0 atom stereocenters. The van der Waals surface area contributed by atoms with Gasteiger partial charge < -0.3 is 19.1 Å². The molecule has 1 heterocycles. The van der Waals surface area contributed by atoms with Crippen LogP contribution >= 0.6 is 0 Å². The minimum Gasteiger partial charge on any atom is -0.493 e. The molecule has 3 rings (SSSR count). The maximum atomic E-state index is 12.5. The molecule has 6 heteroatoms. The van der Waals surface area contributed by atoms with E-state index in [0.717, 1.165) is 22.5 Å². The molecular weight excluding hydrogens is 394 g/mol. The molecule has 0 unspecified atom stereocenters. The number of hydrogen-bond donors (Lipinski definition) is 0. The molecule has 2 aromatic rings. The minimum atomic E-state index is -0.594. The van der Waals surface area contributed by atoms with E-state index in [1.165, 1.54) is 6.08 Å². The van der Waals surface area contributed by atoms with Gasteiger partial charge in [-0.05, 0) is 35.4 Å². The zero-order chi connectivity index (χ0) is 22.6. The predicted octanol–water partition coefficient (Wildman–Crippen LogP) is 4.14. The van der Waals surface area contributed by atoms with E-state index in [2.05, 4.69) is 19.9 Å². The lowest BCUT2D eigenvalue weighted by molar-refractivity contribution is -0.141. The summed E-state index contributed by atoms with van der Waals surface area (Å²) >= 11 is 0. The highest BCUT2D eigenvalue weighted by atomic mass is 16.5. The fraction of sp³-hybridized carbons (Fsp3) is 0.280. The Bertz CT molecular complexity index is 1050. The van der Waals surface area contributed by atoms with E-state index in [1.54, 1.807) is 44.6 Å². The lowest BCUT2D eigenvalue weighted by Gasteiger charge is -2.23. The van der Waals surface area contributed by atoms with Crippen molar-refractivity contribution in [2.75, 3.05) is 32.8 Å². The second-order valence-electron chi connectivity index (χ2n) is 7.75. The number of rotatable bonds is 7. The molecule has 0 bridgehead atoms. The first kappa shape index (κ1) is 22.2. The van der Waals surface area contributed by atoms with E-state index in [1.807, 2.05) is 30.1 Å². The van der Waals surface area contributed by atoms with Gasteiger partial charge in [-0.3, -0.25) is 4.79 Å². The Labute approximate surface area is 182 Å². The molecule has 0 aromatic heterocycles. The van der Waals surface area contributed by atoms with Crippen LogP contribution in [0.4, 0.5) is 5.69 Å². The summed E-state index contributed by atoms with van der Waals surface area (Å²) in [6.07, 6.45) is 4.44. The SMILES string of the molecule is COc1ccc(C=CC(=O)OCC(=O)C=C2N(C)c3ccccc3C2(C)C)cc1OC. The van der Waals surface area contributed by atoms with Gasteiger partial charge in [-0.1, -0.05) is 38.1 Å². The predicted molar refractivity (Wildman–Crippen MR) is 121 cm³/mol. The zero-order valence-corrected chi connectivity index (χ0v) is 18.5. The molecule has 0 N–H and O–H groups in total. The third kappa shape index (κ3) is 4.63. The zero-order valence-electron chi connectivity index (χ0n) is 18.5. The molecule has 162 valence electrons. The summed E-state index contributed by atoms with van der Waals surface area (Å²) in [5.41, 5.74) is 3.54. The summed E-state index contributed by atoms with van der Waals surface area (Å²) in [5, 5.41) is 0. The maximum Gasteiger partial charge on any atom is 0.331 e. The summed E-state index contributed by atoms with van der Waals surface area (Å²) in [5.74, 6) is 0.298. The Hall–Kier alpha value is -3.54. The van der Waals surface area contributed by atoms with Crippen molar-refractivity contribution in [3.63, 3.8) is 0 Å². The highest BCUT2D eigenvalue weighted by Gasteiger charge is 2.38. The van der Waals surface area contributed by atoms with Crippen LogP contribution in [0.1, 0.15) is 25.0 Å². The fourth-order valence-corrected chi connectivity index (χ4v) is 3.76. The van der Waals surface area contributed by atoms with Crippen LogP contribution in [0.15, 0.2) is 60.3 Å². The van der Waals surface area contributed by atoms with E-state index in [-0.39, 0.29) is 17.8 Å². The molecule has 0 radical (unpaired) electrons. The first-order valence-corrected chi connectivity index (χ1v) is 9.93. The smallest absolute Gasteiger partial charge is 0.331 e. The van der Waals surface area contributed by atoms with Crippen molar-refractivity contribution in [2.45, 2.75) is 19.3 Å². The number of para-hydroxylation sites is 1. The van der Waals surface area contributed by atoms with Crippen LogP contribution in [0.3, 0.4) is 0 Å². The van der Waals surface area contributed by atoms with Gasteiger partial charge in [-0.25, -0.2) is 4.79 Å². The first-order valence-electron chi connectivity index (χ1n) is 9.93. The number of carbonyl (C=O) groups is 2. The van der Waals surface area contributed by atoms with Crippen molar-refractivity contribution in [3.8, 4) is 11.5 Å². The van der Waals surface area contributed by atoms with Gasteiger partial charge in [-0.15, -0.1) is 0 Å². The Morgan fingerprint density at radius 2 is 1.74 bits per heavy atom. The highest BCUT2D eigenvalue weighted by molar-refractivity contribution is 5.96. The Morgan fingerprint density at radius 3 is 2.42 bits per heavy atom. The topological polar surface area (TPSA) is 65.1 Å². The normalized spacial score (nSPS) is 15.8. The lowest BCUT2D eigenvalue weighted by Crippen LogP contribution is -2.25. The van der Waals surface area contributed by atoms with Crippen molar-refractivity contribution >= 4 is 23.5 Å². The number of likely N-dealkylation sites (N-methyl/N-ethyl adjacent to an activating group) is 1. The monoisotopic (exact) mass is 421 g/mol. The molecule has 0 aliphatic carbocycles. The number of hydrogen-bond acceptors (Lipinski definition) is 6. The molecule has 2 aromatic carbocycles. The van der Waals surface area contributed by atoms with Crippen LogP contribution in [-0.4, -0.2) is 39.6 Å². The Kier molecular flexibility index (Phi) is 6.49. The van der Waals surface area contributed by atoms with Crippen LogP contribution in [0, 0.1) is 0 Å². The van der Waals surface area contributed by atoms with E-state index >= 15 is 0 Å². The van der Waals surface area contributed by atoms with Crippen LogP contribution in [0.5, 0.6) is 11.5 Å². The van der Waals surface area contributed by atoms with Crippen molar-refractivity contribution in [3.05, 3.63) is 71.4 Å². The number of allylic oxidation sites excluding steroid dienone is 1. The van der Waals surface area contributed by atoms with Crippen LogP contribution < -0.4 is 14.4 Å². The largest absolute Gasteiger partial charge is 0.493 e. The van der Waals surface area contributed by atoms with Gasteiger partial charge in [0.05, 0.1) is 14.2 Å². The van der Waals surface area contributed by atoms with Gasteiger partial charge >= 0.3 is 5.97 Å². The molecule has 1 aliphatic rings. The summed E-state index contributed by atoms with van der Waals surface area (Å²) in [7, 11) is 5.03. The van der Waals surface area contributed by atoms with Crippen molar-refractivity contribution in [1.29, 1.82) is 0 Å². The minimum absolute atomic E-state index is 0.268. The van der Waals surface area contributed by atoms with Gasteiger partial charge in [0, 0.05) is 36.0 Å². The van der Waals surface area contributed by atoms with Crippen LogP contribution in [0.2, 0.25) is 0 Å². The molecule has 1 aliphatic heterocycles. The molecule has 0 saturated heterocycles. The number of fused-ring (bicyclic) bond motifs is 1. The number of anilines is 1. The number of nitrogens with zero attached hydrogens (tertiary/aromatic N) is 1. The molecule has 31 heavy (non-hydrogen) atoms. The van der Waals surface area contributed by atoms with Crippen molar-refractivity contribution in [1.82, 2.24) is 0 Å². The summed E-state index contributed by atoms with van der Waals surface area (Å²) in [4.78, 5) is 26.5. The molecule has 0 amide bonds. The lowest BCUT2D eigenvalue weighted by atomic mass is 9.83. The fourth-order valence-electron chi connectivity index (χ4n) is 3.76. The summed E-state index contributed by atoms with van der Waals surface area (Å²) < 4.78 is 15.6.